The average molecular weight is 251 g/mol. The highest BCUT2D eigenvalue weighted by Crippen LogP contribution is 2.51. The van der Waals surface area contributed by atoms with Crippen LogP contribution in [0.15, 0.2) is 24.3 Å². The van der Waals surface area contributed by atoms with Crippen molar-refractivity contribution in [1.29, 1.82) is 5.26 Å². The van der Waals surface area contributed by atoms with Crippen LogP contribution in [-0.4, -0.2) is 27.0 Å². The Balaban J connectivity index is 2.27. The third kappa shape index (κ3) is 2.13. The predicted octanol–water partition coefficient (Wildman–Crippen LogP) is 1.35. The highest BCUT2D eigenvalue weighted by Gasteiger charge is 2.57. The molecule has 0 heterocycles. The normalized spacial score (nSPS) is 27.2. The topological polar surface area (TPSA) is 67.2 Å². The summed E-state index contributed by atoms with van der Waals surface area (Å²) in [6.45, 7) is 0. The fraction of sp³-hybridized carbons (Fsp3) is 0.417. The molecule has 1 aromatic carbocycles. The molecule has 1 fully saturated rings. The Morgan fingerprint density at radius 1 is 1.29 bits per heavy atom. The second-order valence-electron chi connectivity index (χ2n) is 4.25. The lowest BCUT2D eigenvalue weighted by Crippen LogP contribution is -2.06. The van der Waals surface area contributed by atoms with Gasteiger partial charge in [-0.2, -0.15) is 5.26 Å². The van der Waals surface area contributed by atoms with E-state index in [9.17, 15) is 8.42 Å². The van der Waals surface area contributed by atoms with Gasteiger partial charge in [0.2, 0.25) is 0 Å². The van der Waals surface area contributed by atoms with E-state index in [2.05, 4.69) is 6.07 Å². The molecule has 90 valence electrons. The summed E-state index contributed by atoms with van der Waals surface area (Å²) in [4.78, 5) is 0. The number of methoxy groups -OCH3 is 1. The van der Waals surface area contributed by atoms with Crippen molar-refractivity contribution in [3.63, 3.8) is 0 Å². The van der Waals surface area contributed by atoms with Crippen molar-refractivity contribution in [3.8, 4) is 11.8 Å². The summed E-state index contributed by atoms with van der Waals surface area (Å²) in [5.41, 5.74) is 0.882. The molecule has 1 aliphatic carbocycles. The fourth-order valence-electron chi connectivity index (χ4n) is 2.19. The Kier molecular flexibility index (Phi) is 2.84. The molecule has 0 aromatic heterocycles. The van der Waals surface area contributed by atoms with Gasteiger partial charge in [0.25, 0.3) is 0 Å². The average Bonchev–Trinajstić information content (AvgIpc) is 3.03. The molecule has 0 spiro atoms. The molecule has 1 aliphatic rings. The van der Waals surface area contributed by atoms with Crippen molar-refractivity contribution in [3.05, 3.63) is 29.8 Å². The molecule has 4 nitrogen and oxygen atoms in total. The third-order valence-corrected chi connectivity index (χ3v) is 4.67. The van der Waals surface area contributed by atoms with Crippen LogP contribution in [0.25, 0.3) is 0 Å². The minimum atomic E-state index is -3.16. The smallest absolute Gasteiger partial charge is 0.152 e. The zero-order valence-corrected chi connectivity index (χ0v) is 10.4. The van der Waals surface area contributed by atoms with Crippen molar-refractivity contribution < 1.29 is 13.2 Å². The van der Waals surface area contributed by atoms with Crippen molar-refractivity contribution in [2.45, 2.75) is 11.2 Å². The maximum atomic E-state index is 11.5. The first-order valence-electron chi connectivity index (χ1n) is 5.21. The van der Waals surface area contributed by atoms with Gasteiger partial charge in [-0.25, -0.2) is 8.42 Å². The Bertz CT molecular complexity index is 556. The maximum Gasteiger partial charge on any atom is 0.152 e. The van der Waals surface area contributed by atoms with E-state index in [1.165, 1.54) is 6.26 Å². The lowest BCUT2D eigenvalue weighted by Gasteiger charge is -2.02. The Morgan fingerprint density at radius 2 is 1.88 bits per heavy atom. The quantitative estimate of drug-likeness (QED) is 0.813. The zero-order chi connectivity index (χ0) is 12.6. The number of benzene rings is 1. The van der Waals surface area contributed by atoms with Crippen LogP contribution in [0, 0.1) is 17.2 Å². The fourth-order valence-corrected chi connectivity index (χ4v) is 3.72. The largest absolute Gasteiger partial charge is 0.497 e. The maximum absolute atomic E-state index is 11.5. The molecule has 0 N–H and O–H groups in total. The van der Waals surface area contributed by atoms with Crippen LogP contribution in [0.1, 0.15) is 11.5 Å². The Hall–Kier alpha value is -1.54. The summed E-state index contributed by atoms with van der Waals surface area (Å²) in [5.74, 6) is 0.109. The molecule has 1 saturated carbocycles. The Labute approximate surface area is 101 Å². The monoisotopic (exact) mass is 251 g/mol. The molecule has 0 saturated heterocycles. The first-order chi connectivity index (χ1) is 7.99. The number of hydrogen-bond donors (Lipinski definition) is 0. The van der Waals surface area contributed by atoms with Gasteiger partial charge in [0.1, 0.15) is 5.75 Å². The van der Waals surface area contributed by atoms with Crippen LogP contribution in [0.2, 0.25) is 0 Å². The van der Waals surface area contributed by atoms with Crippen molar-refractivity contribution in [1.82, 2.24) is 0 Å². The molecule has 5 heteroatoms. The van der Waals surface area contributed by atoms with Crippen LogP contribution in [0.5, 0.6) is 5.75 Å². The summed E-state index contributed by atoms with van der Waals surface area (Å²) in [6.07, 6.45) is 1.19. The number of sulfone groups is 1. The molecule has 17 heavy (non-hydrogen) atoms. The number of nitriles is 1. The molecule has 3 atom stereocenters. The Morgan fingerprint density at radius 3 is 2.24 bits per heavy atom. The van der Waals surface area contributed by atoms with E-state index in [1.54, 1.807) is 19.2 Å². The number of rotatable bonds is 3. The van der Waals surface area contributed by atoms with E-state index in [-0.39, 0.29) is 5.92 Å². The summed E-state index contributed by atoms with van der Waals surface area (Å²) in [7, 11) is -1.58. The summed E-state index contributed by atoms with van der Waals surface area (Å²) < 4.78 is 28.0. The molecular formula is C12H13NO3S. The lowest BCUT2D eigenvalue weighted by molar-refractivity contribution is 0.414. The van der Waals surface area contributed by atoms with E-state index >= 15 is 0 Å². The number of nitrogens with zero attached hydrogens (tertiary/aromatic N) is 1. The zero-order valence-electron chi connectivity index (χ0n) is 9.62. The van der Waals surface area contributed by atoms with Crippen molar-refractivity contribution >= 4 is 9.84 Å². The minimum absolute atomic E-state index is 0.194. The van der Waals surface area contributed by atoms with Crippen LogP contribution < -0.4 is 4.74 Å². The van der Waals surface area contributed by atoms with Gasteiger partial charge in [-0.05, 0) is 17.7 Å². The standard InChI is InChI=1S/C12H13NO3S/c1-16-9-5-3-8(4-6-9)11-10(7-13)12(11)17(2,14)15/h3-6,10-12H,1-2H3. The molecular weight excluding hydrogens is 238 g/mol. The van der Waals surface area contributed by atoms with E-state index in [4.69, 9.17) is 10.00 Å². The van der Waals surface area contributed by atoms with Gasteiger partial charge in [0.15, 0.2) is 9.84 Å². The van der Waals surface area contributed by atoms with Gasteiger partial charge < -0.3 is 4.74 Å². The van der Waals surface area contributed by atoms with Crippen LogP contribution in [0.4, 0.5) is 0 Å². The van der Waals surface area contributed by atoms with Crippen molar-refractivity contribution in [2.24, 2.45) is 5.92 Å². The molecule has 2 rings (SSSR count). The summed E-state index contributed by atoms with van der Waals surface area (Å²) >= 11 is 0. The predicted molar refractivity (Wildman–Crippen MR) is 63.5 cm³/mol. The summed E-state index contributed by atoms with van der Waals surface area (Å²) in [5, 5.41) is 8.38. The second kappa shape index (κ2) is 4.04. The minimum Gasteiger partial charge on any atom is -0.497 e. The first kappa shape index (κ1) is 11.9. The van der Waals surface area contributed by atoms with Crippen molar-refractivity contribution in [2.75, 3.05) is 13.4 Å². The van der Waals surface area contributed by atoms with Crippen LogP contribution in [-0.2, 0) is 9.84 Å². The van der Waals surface area contributed by atoms with Gasteiger partial charge in [-0.3, -0.25) is 0 Å². The lowest BCUT2D eigenvalue weighted by atomic mass is 10.1. The molecule has 3 unspecified atom stereocenters. The molecule has 0 aliphatic heterocycles. The number of ether oxygens (including phenoxy) is 1. The SMILES string of the molecule is COc1ccc(C2C(C#N)C2S(C)(=O)=O)cc1. The van der Waals surface area contributed by atoms with E-state index in [0.717, 1.165) is 11.3 Å². The highest BCUT2D eigenvalue weighted by molar-refractivity contribution is 7.91. The van der Waals surface area contributed by atoms with Gasteiger partial charge >= 0.3 is 0 Å². The third-order valence-electron chi connectivity index (χ3n) is 3.10. The van der Waals surface area contributed by atoms with E-state index < -0.39 is 21.0 Å². The van der Waals surface area contributed by atoms with Gasteiger partial charge in [-0.15, -0.1) is 0 Å². The summed E-state index contributed by atoms with van der Waals surface area (Å²) in [6, 6.07) is 9.26. The molecule has 0 radical (unpaired) electrons. The second-order valence-corrected chi connectivity index (χ2v) is 6.45. The molecule has 1 aromatic rings. The van der Waals surface area contributed by atoms with Gasteiger partial charge in [0, 0.05) is 12.2 Å². The van der Waals surface area contributed by atoms with E-state index in [1.807, 2.05) is 12.1 Å². The first-order valence-corrected chi connectivity index (χ1v) is 7.17. The number of hydrogen-bond acceptors (Lipinski definition) is 4. The van der Waals surface area contributed by atoms with Gasteiger partial charge in [0.05, 0.1) is 24.3 Å². The van der Waals surface area contributed by atoms with Crippen LogP contribution >= 0.6 is 0 Å². The highest BCUT2D eigenvalue weighted by atomic mass is 32.2. The van der Waals surface area contributed by atoms with Crippen LogP contribution in [0.3, 0.4) is 0 Å². The molecule has 0 amide bonds. The van der Waals surface area contributed by atoms with Gasteiger partial charge in [-0.1, -0.05) is 12.1 Å². The van der Waals surface area contributed by atoms with E-state index in [0.29, 0.717) is 0 Å². The molecule has 0 bridgehead atoms.